The molecule has 2 aromatic carbocycles. The third-order valence-corrected chi connectivity index (χ3v) is 7.83. The highest BCUT2D eigenvalue weighted by atomic mass is 16.2. The maximum Gasteiger partial charge on any atom is 0.225 e. The van der Waals surface area contributed by atoms with Crippen LogP contribution in [0.3, 0.4) is 0 Å². The second-order valence-electron chi connectivity index (χ2n) is 11.0. The molecule has 1 aliphatic rings. The van der Waals surface area contributed by atoms with Gasteiger partial charge in [0.2, 0.25) is 5.91 Å². The van der Waals surface area contributed by atoms with Gasteiger partial charge in [-0.3, -0.25) is 9.59 Å². The number of amides is 1. The van der Waals surface area contributed by atoms with Gasteiger partial charge in [-0.15, -0.1) is 0 Å². The lowest BCUT2D eigenvalue weighted by molar-refractivity contribution is -0.144. The van der Waals surface area contributed by atoms with Crippen molar-refractivity contribution in [2.45, 2.75) is 59.3 Å². The van der Waals surface area contributed by atoms with Crippen LogP contribution in [0.15, 0.2) is 60.9 Å². The lowest BCUT2D eigenvalue weighted by Gasteiger charge is -2.39. The number of hydrogen-bond donors (Lipinski definition) is 0. The molecule has 1 fully saturated rings. The fourth-order valence-electron chi connectivity index (χ4n) is 5.07. The van der Waals surface area contributed by atoms with Crippen molar-refractivity contribution >= 4 is 17.4 Å². The Morgan fingerprint density at radius 3 is 2.13 bits per heavy atom. The van der Waals surface area contributed by atoms with Crippen molar-refractivity contribution in [1.29, 1.82) is 0 Å². The van der Waals surface area contributed by atoms with Crippen molar-refractivity contribution < 1.29 is 9.59 Å². The van der Waals surface area contributed by atoms with Gasteiger partial charge in [-0.2, -0.15) is 0 Å². The van der Waals surface area contributed by atoms with E-state index in [1.807, 2.05) is 43.6 Å². The quantitative estimate of drug-likeness (QED) is 0.240. The number of carbonyl (C=O) groups is 2. The zero-order valence-corrected chi connectivity index (χ0v) is 23.9. The van der Waals surface area contributed by atoms with E-state index in [1.165, 1.54) is 37.8 Å². The van der Waals surface area contributed by atoms with Gasteiger partial charge >= 0.3 is 0 Å². The van der Waals surface area contributed by atoms with E-state index in [-0.39, 0.29) is 23.5 Å². The molecule has 0 aliphatic carbocycles. The monoisotopic (exact) mass is 526 g/mol. The highest BCUT2D eigenvalue weighted by molar-refractivity contribution is 5.85. The SMILES string of the molecule is CCCCCCCN(C)c1ccc(-c2cnc(-c3ccc(C[C@H](C)C(=O)N4CC(C(C)=O)C4)cc3)nc2)cc1. The van der Waals surface area contributed by atoms with Gasteiger partial charge < -0.3 is 9.80 Å². The Bertz CT molecular complexity index is 1220. The molecule has 6 heteroatoms. The molecule has 0 bridgehead atoms. The van der Waals surface area contributed by atoms with Crippen molar-refractivity contribution in [3.63, 3.8) is 0 Å². The normalized spacial score (nSPS) is 14.1. The van der Waals surface area contributed by atoms with Crippen molar-refractivity contribution in [2.75, 3.05) is 31.6 Å². The van der Waals surface area contributed by atoms with E-state index in [1.54, 1.807) is 11.8 Å². The van der Waals surface area contributed by atoms with Crippen LogP contribution in [-0.2, 0) is 16.0 Å². The van der Waals surface area contributed by atoms with Crippen LogP contribution in [-0.4, -0.2) is 53.2 Å². The van der Waals surface area contributed by atoms with Crippen LogP contribution in [0.1, 0.15) is 58.4 Å². The number of benzene rings is 2. The zero-order chi connectivity index (χ0) is 27.8. The van der Waals surface area contributed by atoms with Crippen molar-refractivity contribution in [1.82, 2.24) is 14.9 Å². The van der Waals surface area contributed by atoms with Gasteiger partial charge in [0.1, 0.15) is 5.78 Å². The largest absolute Gasteiger partial charge is 0.375 e. The van der Waals surface area contributed by atoms with Crippen LogP contribution in [0.25, 0.3) is 22.5 Å². The van der Waals surface area contributed by atoms with Crippen LogP contribution >= 0.6 is 0 Å². The molecule has 0 unspecified atom stereocenters. The minimum Gasteiger partial charge on any atom is -0.375 e. The number of Topliss-reactive ketones (excluding diaryl/α,β-unsaturated/α-hetero) is 1. The van der Waals surface area contributed by atoms with Crippen LogP contribution in [0.2, 0.25) is 0 Å². The Labute approximate surface area is 233 Å². The van der Waals surface area contributed by atoms with E-state index in [0.29, 0.717) is 25.3 Å². The summed E-state index contributed by atoms with van der Waals surface area (Å²) in [7, 11) is 2.16. The van der Waals surface area contributed by atoms with Gasteiger partial charge in [0.05, 0.1) is 5.92 Å². The first-order valence-electron chi connectivity index (χ1n) is 14.4. The average molecular weight is 527 g/mol. The summed E-state index contributed by atoms with van der Waals surface area (Å²) in [5, 5.41) is 0. The standard InChI is InChI=1S/C33H42N4O2/c1-5-6-7-8-9-18-36(4)31-16-14-27(15-17-31)29-20-34-32(35-21-29)28-12-10-26(11-13-28)19-24(2)33(39)37-22-30(23-37)25(3)38/h10-17,20-21,24,30H,5-9,18-19,22-23H2,1-4H3/t24-/m0/s1. The number of nitrogens with zero attached hydrogens (tertiary/aromatic N) is 4. The summed E-state index contributed by atoms with van der Waals surface area (Å²) in [5.41, 5.74) is 5.38. The first-order valence-corrected chi connectivity index (χ1v) is 14.4. The highest BCUT2D eigenvalue weighted by Crippen LogP contribution is 2.25. The highest BCUT2D eigenvalue weighted by Gasteiger charge is 2.35. The number of rotatable bonds is 13. The topological polar surface area (TPSA) is 66.4 Å². The molecule has 206 valence electrons. The fraction of sp³-hybridized carbons (Fsp3) is 0.455. The molecule has 0 saturated carbocycles. The van der Waals surface area contributed by atoms with Crippen molar-refractivity contribution in [2.24, 2.45) is 11.8 Å². The molecule has 39 heavy (non-hydrogen) atoms. The minimum absolute atomic E-state index is 0.0165. The number of aromatic nitrogens is 2. The lowest BCUT2D eigenvalue weighted by atomic mass is 9.92. The fourth-order valence-corrected chi connectivity index (χ4v) is 5.07. The summed E-state index contributed by atoms with van der Waals surface area (Å²) in [6.07, 6.45) is 10.9. The molecule has 1 saturated heterocycles. The summed E-state index contributed by atoms with van der Waals surface area (Å²) in [4.78, 5) is 37.4. The smallest absolute Gasteiger partial charge is 0.225 e. The predicted molar refractivity (Wildman–Crippen MR) is 159 cm³/mol. The molecule has 6 nitrogen and oxygen atoms in total. The van der Waals surface area contributed by atoms with Gasteiger partial charge in [0, 0.05) is 61.8 Å². The summed E-state index contributed by atoms with van der Waals surface area (Å²) in [6.45, 7) is 8.01. The third kappa shape index (κ3) is 7.53. The molecule has 2 heterocycles. The van der Waals surface area contributed by atoms with Gasteiger partial charge in [-0.05, 0) is 43.0 Å². The van der Waals surface area contributed by atoms with Crippen LogP contribution < -0.4 is 4.90 Å². The third-order valence-electron chi connectivity index (χ3n) is 7.83. The molecule has 1 amide bonds. The van der Waals surface area contributed by atoms with Crippen LogP contribution in [0.4, 0.5) is 5.69 Å². The number of ketones is 1. The summed E-state index contributed by atoms with van der Waals surface area (Å²) in [6, 6.07) is 16.7. The van der Waals surface area contributed by atoms with E-state index in [2.05, 4.69) is 53.1 Å². The van der Waals surface area contributed by atoms with Crippen LogP contribution in [0, 0.1) is 11.8 Å². The number of hydrogen-bond acceptors (Lipinski definition) is 5. The Morgan fingerprint density at radius 2 is 1.51 bits per heavy atom. The molecule has 4 rings (SSSR count). The summed E-state index contributed by atoms with van der Waals surface area (Å²) >= 11 is 0. The van der Waals surface area contributed by atoms with Crippen molar-refractivity contribution in [3.05, 3.63) is 66.5 Å². The van der Waals surface area contributed by atoms with E-state index >= 15 is 0 Å². The van der Waals surface area contributed by atoms with Gasteiger partial charge in [0.25, 0.3) is 0 Å². The molecule has 0 radical (unpaired) electrons. The second-order valence-corrected chi connectivity index (χ2v) is 11.0. The molecule has 1 aromatic heterocycles. The number of likely N-dealkylation sites (tertiary alicyclic amines) is 1. The second kappa shape index (κ2) is 13.5. The average Bonchev–Trinajstić information content (AvgIpc) is 2.92. The number of anilines is 1. The Morgan fingerprint density at radius 1 is 0.897 bits per heavy atom. The number of carbonyl (C=O) groups excluding carboxylic acids is 2. The summed E-state index contributed by atoms with van der Waals surface area (Å²) < 4.78 is 0. The predicted octanol–water partition coefficient (Wildman–Crippen LogP) is 6.44. The van der Waals surface area contributed by atoms with Gasteiger partial charge in [-0.25, -0.2) is 9.97 Å². The molecule has 1 atom stereocenters. The van der Waals surface area contributed by atoms with Gasteiger partial charge in [-0.1, -0.05) is 75.9 Å². The first-order chi connectivity index (χ1) is 18.9. The minimum atomic E-state index is -0.115. The summed E-state index contributed by atoms with van der Waals surface area (Å²) in [5.74, 6) is 0.878. The van der Waals surface area contributed by atoms with Crippen LogP contribution in [0.5, 0.6) is 0 Å². The van der Waals surface area contributed by atoms with E-state index in [4.69, 9.17) is 0 Å². The molecule has 0 spiro atoms. The van der Waals surface area contributed by atoms with E-state index in [9.17, 15) is 9.59 Å². The molecule has 1 aliphatic heterocycles. The molecule has 0 N–H and O–H groups in total. The van der Waals surface area contributed by atoms with Crippen molar-refractivity contribution in [3.8, 4) is 22.5 Å². The maximum absolute atomic E-state index is 12.7. The Kier molecular flexibility index (Phi) is 9.85. The first kappa shape index (κ1) is 28.5. The Hall–Kier alpha value is -3.54. The van der Waals surface area contributed by atoms with E-state index < -0.39 is 0 Å². The maximum atomic E-state index is 12.7. The zero-order valence-electron chi connectivity index (χ0n) is 23.9. The molecular formula is C33H42N4O2. The van der Waals surface area contributed by atoms with Gasteiger partial charge in [0.15, 0.2) is 5.82 Å². The molecule has 3 aromatic rings. The Balaban J connectivity index is 1.29. The van der Waals surface area contributed by atoms with E-state index in [0.717, 1.165) is 28.8 Å². The number of unbranched alkanes of at least 4 members (excludes halogenated alkanes) is 4. The molecular weight excluding hydrogens is 484 g/mol. The lowest BCUT2D eigenvalue weighted by Crippen LogP contribution is -2.54.